The number of benzene rings is 1. The van der Waals surface area contributed by atoms with Gasteiger partial charge in [-0.1, -0.05) is 32.8 Å². The molecule has 2 N–H and O–H groups in total. The Morgan fingerprint density at radius 2 is 1.96 bits per heavy atom. The molecule has 0 saturated heterocycles. The predicted molar refractivity (Wildman–Crippen MR) is 96.5 cm³/mol. The van der Waals surface area contributed by atoms with Gasteiger partial charge in [-0.15, -0.1) is 0 Å². The molecule has 0 bridgehead atoms. The molecule has 4 nitrogen and oxygen atoms in total. The summed E-state index contributed by atoms with van der Waals surface area (Å²) in [5, 5.41) is 8.38. The van der Waals surface area contributed by atoms with Crippen LogP contribution in [0.15, 0.2) is 36.7 Å². The van der Waals surface area contributed by atoms with Crippen LogP contribution >= 0.6 is 0 Å². The van der Waals surface area contributed by atoms with Gasteiger partial charge in [-0.25, -0.2) is 0 Å². The zero-order chi connectivity index (χ0) is 16.7. The van der Waals surface area contributed by atoms with Crippen LogP contribution in [0.5, 0.6) is 0 Å². The van der Waals surface area contributed by atoms with E-state index in [1.54, 1.807) is 6.20 Å². The van der Waals surface area contributed by atoms with E-state index in [-0.39, 0.29) is 5.91 Å². The molecule has 0 saturated carbocycles. The quantitative estimate of drug-likeness (QED) is 0.775. The molecule has 0 spiro atoms. The lowest BCUT2D eigenvalue weighted by molar-refractivity contribution is -0.115. The first kappa shape index (κ1) is 17.4. The van der Waals surface area contributed by atoms with Gasteiger partial charge in [0.1, 0.15) is 0 Å². The third-order valence-corrected chi connectivity index (χ3v) is 3.95. The van der Waals surface area contributed by atoms with E-state index in [1.807, 2.05) is 30.5 Å². The number of anilines is 1. The van der Waals surface area contributed by atoms with Crippen molar-refractivity contribution in [2.75, 3.05) is 11.9 Å². The molecule has 1 amide bonds. The maximum Gasteiger partial charge on any atom is 0.238 e. The maximum atomic E-state index is 12.0. The number of carbonyl (C=O) groups excluding carboxylic acids is 1. The van der Waals surface area contributed by atoms with Crippen molar-refractivity contribution in [1.82, 2.24) is 10.3 Å². The van der Waals surface area contributed by atoms with Crippen molar-refractivity contribution >= 4 is 22.4 Å². The second-order valence-corrected chi connectivity index (χ2v) is 6.59. The minimum absolute atomic E-state index is 0.00545. The van der Waals surface area contributed by atoms with E-state index in [0.717, 1.165) is 28.8 Å². The summed E-state index contributed by atoms with van der Waals surface area (Å²) in [4.78, 5) is 16.1. The number of amides is 1. The van der Waals surface area contributed by atoms with Gasteiger partial charge in [0.15, 0.2) is 0 Å². The molecule has 0 aliphatic heterocycles. The summed E-state index contributed by atoms with van der Waals surface area (Å²) in [5.74, 6) is 0.739. The van der Waals surface area contributed by atoms with Crippen molar-refractivity contribution in [3.8, 4) is 0 Å². The second-order valence-electron chi connectivity index (χ2n) is 6.59. The van der Waals surface area contributed by atoms with Gasteiger partial charge in [-0.05, 0) is 42.8 Å². The van der Waals surface area contributed by atoms with Crippen molar-refractivity contribution < 1.29 is 4.79 Å². The van der Waals surface area contributed by atoms with Crippen LogP contribution in [0.3, 0.4) is 0 Å². The molecule has 2 rings (SSSR count). The van der Waals surface area contributed by atoms with Crippen molar-refractivity contribution in [2.24, 2.45) is 5.92 Å². The summed E-state index contributed by atoms with van der Waals surface area (Å²) >= 11 is 0. The summed E-state index contributed by atoms with van der Waals surface area (Å²) in [5.41, 5.74) is 0.822. The van der Waals surface area contributed by atoms with Gasteiger partial charge in [-0.3, -0.25) is 9.78 Å². The molecule has 124 valence electrons. The Labute approximate surface area is 138 Å². The molecule has 4 heteroatoms. The number of nitrogens with zero attached hydrogens (tertiary/aromatic N) is 1. The monoisotopic (exact) mass is 313 g/mol. The van der Waals surface area contributed by atoms with Crippen LogP contribution in [0.2, 0.25) is 0 Å². The Morgan fingerprint density at radius 1 is 1.13 bits per heavy atom. The van der Waals surface area contributed by atoms with Crippen LogP contribution in [0.1, 0.15) is 40.0 Å². The molecule has 0 aliphatic carbocycles. The fraction of sp³-hybridized carbons (Fsp3) is 0.474. The Kier molecular flexibility index (Phi) is 6.53. The molecule has 2 aromatic rings. The highest BCUT2D eigenvalue weighted by molar-refractivity contribution is 5.95. The lowest BCUT2D eigenvalue weighted by Gasteiger charge is -2.14. The number of hydrogen-bond donors (Lipinski definition) is 2. The zero-order valence-electron chi connectivity index (χ0n) is 14.3. The average molecular weight is 313 g/mol. The molecule has 1 aromatic heterocycles. The van der Waals surface area contributed by atoms with E-state index < -0.39 is 0 Å². The third kappa shape index (κ3) is 5.99. The average Bonchev–Trinajstić information content (AvgIpc) is 2.52. The highest BCUT2D eigenvalue weighted by Gasteiger charge is 2.07. The van der Waals surface area contributed by atoms with E-state index in [1.165, 1.54) is 12.8 Å². The summed E-state index contributed by atoms with van der Waals surface area (Å²) in [7, 11) is 0. The van der Waals surface area contributed by atoms with Crippen LogP contribution in [-0.4, -0.2) is 23.5 Å². The molecule has 1 atom stereocenters. The lowest BCUT2D eigenvalue weighted by atomic mass is 10.0. The van der Waals surface area contributed by atoms with Gasteiger partial charge in [0.25, 0.3) is 0 Å². The minimum Gasteiger partial charge on any atom is -0.325 e. The Balaban J connectivity index is 1.77. The summed E-state index contributed by atoms with van der Waals surface area (Å²) in [6, 6.07) is 8.16. The number of aromatic nitrogens is 1. The number of carbonyl (C=O) groups is 1. The minimum atomic E-state index is -0.00545. The maximum absolute atomic E-state index is 12.0. The molecule has 0 aliphatic rings. The van der Waals surface area contributed by atoms with Crippen molar-refractivity contribution in [3.05, 3.63) is 36.7 Å². The highest BCUT2D eigenvalue weighted by atomic mass is 16.1. The number of nitrogens with one attached hydrogen (secondary N) is 2. The summed E-state index contributed by atoms with van der Waals surface area (Å²) in [6.07, 6.45) is 7.13. The molecular weight excluding hydrogens is 286 g/mol. The van der Waals surface area contributed by atoms with E-state index in [4.69, 9.17) is 0 Å². The van der Waals surface area contributed by atoms with Crippen molar-refractivity contribution in [1.29, 1.82) is 0 Å². The van der Waals surface area contributed by atoms with Crippen LogP contribution in [0.25, 0.3) is 10.8 Å². The number of hydrogen-bond acceptors (Lipinski definition) is 3. The fourth-order valence-corrected chi connectivity index (χ4v) is 2.57. The van der Waals surface area contributed by atoms with Crippen molar-refractivity contribution in [2.45, 2.75) is 46.1 Å². The number of pyridine rings is 1. The number of fused-ring (bicyclic) bond motifs is 1. The van der Waals surface area contributed by atoms with Gasteiger partial charge in [0.05, 0.1) is 6.54 Å². The van der Waals surface area contributed by atoms with Crippen LogP contribution in [-0.2, 0) is 4.79 Å². The molecule has 1 heterocycles. The van der Waals surface area contributed by atoms with Crippen molar-refractivity contribution in [3.63, 3.8) is 0 Å². The van der Waals surface area contributed by atoms with Gasteiger partial charge in [0, 0.05) is 29.5 Å². The first-order valence-corrected chi connectivity index (χ1v) is 8.41. The first-order valence-electron chi connectivity index (χ1n) is 8.41. The van der Waals surface area contributed by atoms with Crippen LogP contribution in [0.4, 0.5) is 5.69 Å². The summed E-state index contributed by atoms with van der Waals surface area (Å²) in [6.45, 7) is 6.96. The predicted octanol–water partition coefficient (Wildman–Crippen LogP) is 3.98. The third-order valence-electron chi connectivity index (χ3n) is 3.95. The van der Waals surface area contributed by atoms with Gasteiger partial charge in [-0.2, -0.15) is 0 Å². The zero-order valence-corrected chi connectivity index (χ0v) is 14.3. The normalized spacial score (nSPS) is 12.5. The standard InChI is InChI=1S/C19H27N3O/c1-14(2)5-4-6-15(3)21-13-19(23)22-18-8-7-17-12-20-10-9-16(17)11-18/h7-12,14-15,21H,4-6,13H2,1-3H3,(H,22,23). The molecule has 1 aromatic carbocycles. The van der Waals surface area contributed by atoms with E-state index in [0.29, 0.717) is 12.6 Å². The van der Waals surface area contributed by atoms with Crippen LogP contribution < -0.4 is 10.6 Å². The Bertz CT molecular complexity index is 639. The topological polar surface area (TPSA) is 54.0 Å². The largest absolute Gasteiger partial charge is 0.325 e. The Morgan fingerprint density at radius 3 is 2.74 bits per heavy atom. The highest BCUT2D eigenvalue weighted by Crippen LogP contribution is 2.17. The van der Waals surface area contributed by atoms with Gasteiger partial charge in [0.2, 0.25) is 5.91 Å². The van der Waals surface area contributed by atoms with Crippen LogP contribution in [0, 0.1) is 5.92 Å². The molecule has 0 radical (unpaired) electrons. The molecular formula is C19H27N3O. The summed E-state index contributed by atoms with van der Waals surface area (Å²) < 4.78 is 0. The van der Waals surface area contributed by atoms with E-state index in [2.05, 4.69) is 36.4 Å². The lowest BCUT2D eigenvalue weighted by Crippen LogP contribution is -2.34. The van der Waals surface area contributed by atoms with Gasteiger partial charge < -0.3 is 10.6 Å². The Hall–Kier alpha value is -1.94. The van der Waals surface area contributed by atoms with E-state index >= 15 is 0 Å². The van der Waals surface area contributed by atoms with E-state index in [9.17, 15) is 4.79 Å². The number of rotatable bonds is 8. The smallest absolute Gasteiger partial charge is 0.238 e. The fourth-order valence-electron chi connectivity index (χ4n) is 2.57. The molecule has 1 unspecified atom stereocenters. The van der Waals surface area contributed by atoms with Gasteiger partial charge >= 0.3 is 0 Å². The first-order chi connectivity index (χ1) is 11.0. The molecule has 23 heavy (non-hydrogen) atoms. The SMILES string of the molecule is CC(C)CCCC(C)NCC(=O)Nc1ccc2cnccc2c1. The molecule has 0 fully saturated rings. The second kappa shape index (κ2) is 8.63.